The fraction of sp³-hybridized carbons (Fsp3) is 0.395. The van der Waals surface area contributed by atoms with Crippen LogP contribution in [-0.4, -0.2) is 63.1 Å². The van der Waals surface area contributed by atoms with E-state index in [-0.39, 0.29) is 30.2 Å². The number of aryl methyl sites for hydroxylation is 1. The number of likely N-dealkylation sites (tertiary alicyclic amines) is 1. The number of carbonyl (C=O) groups excluding carboxylic acids is 3. The molecule has 0 unspecified atom stereocenters. The van der Waals surface area contributed by atoms with Crippen molar-refractivity contribution in [2.24, 2.45) is 0 Å². The zero-order chi connectivity index (χ0) is 36.5. The quantitative estimate of drug-likeness (QED) is 0.179. The first kappa shape index (κ1) is 36.6. The summed E-state index contributed by atoms with van der Waals surface area (Å²) in [6.07, 6.45) is 1.61. The number of carbonyl (C=O) groups is 3. The van der Waals surface area contributed by atoms with Crippen LogP contribution in [-0.2, 0) is 19.6 Å². The van der Waals surface area contributed by atoms with Crippen molar-refractivity contribution in [2.45, 2.75) is 71.4 Å². The van der Waals surface area contributed by atoms with Crippen LogP contribution in [0.1, 0.15) is 86.0 Å². The van der Waals surface area contributed by atoms with Gasteiger partial charge in [-0.2, -0.15) is 0 Å². The summed E-state index contributed by atoms with van der Waals surface area (Å²) < 4.78 is 53.9. The molecule has 3 aromatic carbocycles. The number of alkyl carbamates (subject to hydrolysis) is 1. The van der Waals surface area contributed by atoms with Crippen LogP contribution < -0.4 is 9.62 Å². The Labute approximate surface area is 292 Å². The lowest BCUT2D eigenvalue weighted by Crippen LogP contribution is -2.47. The summed E-state index contributed by atoms with van der Waals surface area (Å²) in [5.41, 5.74) is 2.64. The summed E-state index contributed by atoms with van der Waals surface area (Å²) in [6, 6.07) is 15.4. The van der Waals surface area contributed by atoms with E-state index in [4.69, 9.17) is 9.15 Å². The number of fused-ring (bicyclic) bond motifs is 1. The van der Waals surface area contributed by atoms with Crippen LogP contribution in [0.5, 0.6) is 0 Å². The second-order valence-corrected chi connectivity index (χ2v) is 15.8. The summed E-state index contributed by atoms with van der Waals surface area (Å²) in [5, 5.41) is 3.12. The topological polar surface area (TPSA) is 126 Å². The predicted molar refractivity (Wildman–Crippen MR) is 191 cm³/mol. The number of benzene rings is 3. The molecule has 1 saturated heterocycles. The molecule has 4 aromatic rings. The summed E-state index contributed by atoms with van der Waals surface area (Å²) in [5.74, 6) is -1.29. The molecule has 0 radical (unpaired) electrons. The Balaban J connectivity index is 1.60. The monoisotopic (exact) mass is 705 g/mol. The van der Waals surface area contributed by atoms with E-state index < -0.39 is 39.5 Å². The minimum Gasteiger partial charge on any atom is -0.455 e. The van der Waals surface area contributed by atoms with Gasteiger partial charge in [-0.25, -0.2) is 17.6 Å². The molecular formula is C38H44FN3O7S. The first-order valence-electron chi connectivity index (χ1n) is 16.7. The number of hydrogen-bond acceptors (Lipinski definition) is 7. The standard InChI is InChI=1S/C38H44FN3O7S/c1-8-31(43)33-28-20-27(30(41(6)50(7,46)47)21-32(28)48-35(33)24-17-15-23(2)16-18-24)25-12-11-19-42(22-25)36(44)34(26-13-9-10-14-29(26)39)40-37(45)49-38(3,4)5/h9-10,13-18,20-21,25,34H,8,11-12,19,22H2,1-7H3,(H,40,45)/t25-,34+/m0/s1. The summed E-state index contributed by atoms with van der Waals surface area (Å²) in [4.78, 5) is 42.1. The highest BCUT2D eigenvalue weighted by Crippen LogP contribution is 2.42. The van der Waals surface area contributed by atoms with Crippen LogP contribution in [0.4, 0.5) is 14.9 Å². The number of ether oxygens (including phenoxy) is 1. The Morgan fingerprint density at radius 2 is 1.78 bits per heavy atom. The van der Waals surface area contributed by atoms with Gasteiger partial charge in [0.25, 0.3) is 0 Å². The second-order valence-electron chi connectivity index (χ2n) is 13.8. The number of anilines is 1. The molecule has 0 spiro atoms. The summed E-state index contributed by atoms with van der Waals surface area (Å²) in [7, 11) is -2.29. The number of ketones is 1. The van der Waals surface area contributed by atoms with E-state index in [1.165, 1.54) is 29.6 Å². The minimum absolute atomic E-state index is 0.00541. The molecule has 1 N–H and O–H groups in total. The van der Waals surface area contributed by atoms with Crippen molar-refractivity contribution in [2.75, 3.05) is 30.7 Å². The van der Waals surface area contributed by atoms with Crippen LogP contribution in [0.15, 0.2) is 65.1 Å². The van der Waals surface area contributed by atoms with E-state index in [2.05, 4.69) is 5.32 Å². The molecule has 1 fully saturated rings. The van der Waals surface area contributed by atoms with Crippen molar-refractivity contribution in [3.05, 3.63) is 88.7 Å². The highest BCUT2D eigenvalue weighted by molar-refractivity contribution is 7.92. The Morgan fingerprint density at radius 1 is 1.10 bits per heavy atom. The fourth-order valence-electron chi connectivity index (χ4n) is 6.31. The zero-order valence-electron chi connectivity index (χ0n) is 29.5. The summed E-state index contributed by atoms with van der Waals surface area (Å²) in [6.45, 7) is 9.28. The lowest BCUT2D eigenvalue weighted by atomic mass is 9.87. The normalized spacial score (nSPS) is 15.8. The van der Waals surface area contributed by atoms with Crippen molar-refractivity contribution < 1.29 is 36.3 Å². The van der Waals surface area contributed by atoms with Gasteiger partial charge in [-0.3, -0.25) is 13.9 Å². The second kappa shape index (κ2) is 14.3. The number of Topliss-reactive ketones (excluding diaryl/α,β-unsaturated/α-hetero) is 1. The molecule has 2 atom stereocenters. The maximum absolute atomic E-state index is 15.1. The van der Waals surface area contributed by atoms with Gasteiger partial charge in [0.1, 0.15) is 28.8 Å². The molecule has 1 aliphatic heterocycles. The van der Waals surface area contributed by atoms with Gasteiger partial charge in [0.05, 0.1) is 17.5 Å². The highest BCUT2D eigenvalue weighted by atomic mass is 32.2. The van der Waals surface area contributed by atoms with Crippen molar-refractivity contribution >= 4 is 44.5 Å². The molecule has 2 heterocycles. The van der Waals surface area contributed by atoms with Gasteiger partial charge in [0.2, 0.25) is 15.9 Å². The Morgan fingerprint density at radius 3 is 2.40 bits per heavy atom. The number of furan rings is 1. The fourth-order valence-corrected chi connectivity index (χ4v) is 6.83. The smallest absolute Gasteiger partial charge is 0.408 e. The SMILES string of the molecule is CCC(=O)c1c(-c2ccc(C)cc2)oc2cc(N(C)S(C)(=O)=O)c([C@H]3CCCN(C(=O)[C@H](NC(=O)OC(C)(C)C)c4ccccc4F)C3)cc12. The number of piperidine rings is 1. The maximum Gasteiger partial charge on any atom is 0.408 e. The van der Waals surface area contributed by atoms with Crippen LogP contribution in [0.2, 0.25) is 0 Å². The lowest BCUT2D eigenvalue weighted by molar-refractivity contribution is -0.135. The van der Waals surface area contributed by atoms with Gasteiger partial charge in [-0.1, -0.05) is 55.0 Å². The third-order valence-corrected chi connectivity index (χ3v) is 10.1. The molecule has 0 aliphatic carbocycles. The molecule has 266 valence electrons. The van der Waals surface area contributed by atoms with Crippen molar-refractivity contribution in [1.82, 2.24) is 10.2 Å². The van der Waals surface area contributed by atoms with Gasteiger partial charge in [-0.15, -0.1) is 0 Å². The Hall–Kier alpha value is -4.71. The van der Waals surface area contributed by atoms with Gasteiger partial charge >= 0.3 is 6.09 Å². The van der Waals surface area contributed by atoms with E-state index in [0.29, 0.717) is 58.5 Å². The van der Waals surface area contributed by atoms with Crippen molar-refractivity contribution in [3.8, 4) is 11.3 Å². The average molecular weight is 706 g/mol. The van der Waals surface area contributed by atoms with Crippen molar-refractivity contribution in [1.29, 1.82) is 0 Å². The van der Waals surface area contributed by atoms with Gasteiger partial charge in [0, 0.05) is 55.1 Å². The Kier molecular flexibility index (Phi) is 10.4. The van der Waals surface area contributed by atoms with Crippen LogP contribution in [0, 0.1) is 12.7 Å². The minimum atomic E-state index is -3.74. The molecule has 0 bridgehead atoms. The van der Waals surface area contributed by atoms with Crippen LogP contribution in [0.25, 0.3) is 22.3 Å². The van der Waals surface area contributed by atoms with Gasteiger partial charge in [-0.05, 0) is 58.2 Å². The first-order valence-corrected chi connectivity index (χ1v) is 18.5. The molecule has 10 nitrogen and oxygen atoms in total. The largest absolute Gasteiger partial charge is 0.455 e. The van der Waals surface area contributed by atoms with Crippen LogP contribution >= 0.6 is 0 Å². The highest BCUT2D eigenvalue weighted by Gasteiger charge is 2.36. The van der Waals surface area contributed by atoms with E-state index >= 15 is 4.39 Å². The predicted octanol–water partition coefficient (Wildman–Crippen LogP) is 7.51. The van der Waals surface area contributed by atoms with Gasteiger partial charge < -0.3 is 19.4 Å². The molecule has 2 amide bonds. The number of rotatable bonds is 9. The molecular weight excluding hydrogens is 661 g/mol. The van der Waals surface area contributed by atoms with Crippen molar-refractivity contribution in [3.63, 3.8) is 0 Å². The number of nitrogens with one attached hydrogen (secondary N) is 1. The summed E-state index contributed by atoms with van der Waals surface area (Å²) >= 11 is 0. The number of hydrogen-bond donors (Lipinski definition) is 1. The lowest BCUT2D eigenvalue weighted by Gasteiger charge is -2.37. The zero-order valence-corrected chi connectivity index (χ0v) is 30.3. The number of sulfonamides is 1. The molecule has 0 saturated carbocycles. The third kappa shape index (κ3) is 7.85. The molecule has 1 aromatic heterocycles. The van der Waals surface area contributed by atoms with Gasteiger partial charge in [0.15, 0.2) is 5.78 Å². The average Bonchev–Trinajstić information content (AvgIpc) is 3.43. The van der Waals surface area contributed by atoms with Crippen LogP contribution in [0.3, 0.4) is 0 Å². The molecule has 1 aliphatic rings. The molecule has 5 rings (SSSR count). The third-order valence-electron chi connectivity index (χ3n) is 8.88. The van der Waals surface area contributed by atoms with E-state index in [1.807, 2.05) is 37.3 Å². The number of amides is 2. The number of halogens is 1. The molecule has 12 heteroatoms. The van der Waals surface area contributed by atoms with E-state index in [0.717, 1.165) is 11.8 Å². The van der Waals surface area contributed by atoms with E-state index in [9.17, 15) is 22.8 Å². The number of nitrogens with zero attached hydrogens (tertiary/aromatic N) is 2. The Bertz CT molecular complexity index is 2030. The van der Waals surface area contributed by atoms with E-state index in [1.54, 1.807) is 44.7 Å². The maximum atomic E-state index is 15.1. The first-order chi connectivity index (χ1) is 23.5. The molecule has 50 heavy (non-hydrogen) atoms.